The Hall–Kier alpha value is -1.81. The van der Waals surface area contributed by atoms with Crippen LogP contribution in [0, 0.1) is 11.3 Å². The van der Waals surface area contributed by atoms with Crippen LogP contribution in [-0.2, 0) is 4.79 Å². The molecule has 0 aromatic carbocycles. The van der Waals surface area contributed by atoms with Gasteiger partial charge in [0.2, 0.25) is 5.91 Å². The van der Waals surface area contributed by atoms with Crippen molar-refractivity contribution in [3.8, 4) is 6.07 Å². The summed E-state index contributed by atoms with van der Waals surface area (Å²) in [7, 11) is 0. The summed E-state index contributed by atoms with van der Waals surface area (Å²) in [5.41, 5.74) is 6.11. The van der Waals surface area contributed by atoms with E-state index in [1.165, 1.54) is 11.5 Å². The molecule has 1 amide bonds. The van der Waals surface area contributed by atoms with E-state index in [1.807, 2.05) is 4.90 Å². The zero-order valence-corrected chi connectivity index (χ0v) is 11.0. The lowest BCUT2D eigenvalue weighted by atomic mass is 10.3. The third kappa shape index (κ3) is 2.38. The molecule has 1 fully saturated rings. The van der Waals surface area contributed by atoms with Gasteiger partial charge >= 0.3 is 0 Å². The van der Waals surface area contributed by atoms with Gasteiger partial charge in [-0.25, -0.2) is 0 Å². The van der Waals surface area contributed by atoms with Crippen LogP contribution in [0.1, 0.15) is 18.9 Å². The van der Waals surface area contributed by atoms with Gasteiger partial charge in [0.05, 0.1) is 0 Å². The third-order valence-electron chi connectivity index (χ3n) is 3.04. The van der Waals surface area contributed by atoms with Gasteiger partial charge < -0.3 is 15.5 Å². The second kappa shape index (κ2) is 5.23. The molecule has 1 aliphatic heterocycles. The maximum absolute atomic E-state index is 11.3. The molecular formula is C11H15N5OS. The molecule has 0 atom stereocenters. The SMILES string of the molecule is CC(=O)N1CCCN(c2snc(N)c2C#N)CC1. The molecule has 0 spiro atoms. The van der Waals surface area contributed by atoms with Crippen LogP contribution in [0.5, 0.6) is 0 Å². The summed E-state index contributed by atoms with van der Waals surface area (Å²) in [5, 5.41) is 9.89. The fourth-order valence-electron chi connectivity index (χ4n) is 2.05. The average molecular weight is 265 g/mol. The molecule has 1 aromatic rings. The second-order valence-corrected chi connectivity index (χ2v) is 4.96. The molecule has 1 aromatic heterocycles. The van der Waals surface area contributed by atoms with Crippen LogP contribution in [0.4, 0.5) is 10.8 Å². The zero-order chi connectivity index (χ0) is 13.1. The molecule has 1 aliphatic rings. The Balaban J connectivity index is 2.15. The molecule has 96 valence electrons. The molecule has 2 N–H and O–H groups in total. The second-order valence-electron chi connectivity index (χ2n) is 4.21. The fraction of sp³-hybridized carbons (Fsp3) is 0.545. The fourth-order valence-corrected chi connectivity index (χ4v) is 2.87. The van der Waals surface area contributed by atoms with Crippen molar-refractivity contribution in [1.29, 1.82) is 5.26 Å². The van der Waals surface area contributed by atoms with E-state index < -0.39 is 0 Å². The lowest BCUT2D eigenvalue weighted by Crippen LogP contribution is -2.33. The Kier molecular flexibility index (Phi) is 3.67. The van der Waals surface area contributed by atoms with E-state index in [4.69, 9.17) is 11.0 Å². The van der Waals surface area contributed by atoms with Gasteiger partial charge in [0.25, 0.3) is 0 Å². The molecule has 0 radical (unpaired) electrons. The average Bonchev–Trinajstić information content (AvgIpc) is 2.58. The third-order valence-corrected chi connectivity index (χ3v) is 3.96. The summed E-state index contributed by atoms with van der Waals surface area (Å²) in [6, 6.07) is 2.10. The van der Waals surface area contributed by atoms with Crippen molar-refractivity contribution in [3.63, 3.8) is 0 Å². The Labute approximate surface area is 110 Å². The molecule has 0 saturated carbocycles. The normalized spacial score (nSPS) is 16.2. The Morgan fingerprint density at radius 1 is 1.44 bits per heavy atom. The first-order valence-corrected chi connectivity index (χ1v) is 6.56. The van der Waals surface area contributed by atoms with E-state index in [0.717, 1.165) is 31.1 Å². The van der Waals surface area contributed by atoms with Crippen LogP contribution in [0.15, 0.2) is 0 Å². The monoisotopic (exact) mass is 265 g/mol. The number of aromatic nitrogens is 1. The molecule has 7 heteroatoms. The molecule has 6 nitrogen and oxygen atoms in total. The highest BCUT2D eigenvalue weighted by Crippen LogP contribution is 2.30. The number of hydrogen-bond donors (Lipinski definition) is 1. The van der Waals surface area contributed by atoms with Crippen LogP contribution in [-0.4, -0.2) is 41.4 Å². The van der Waals surface area contributed by atoms with Gasteiger partial charge in [0.1, 0.15) is 16.6 Å². The molecular weight excluding hydrogens is 250 g/mol. The molecule has 0 bridgehead atoms. The number of amides is 1. The largest absolute Gasteiger partial charge is 0.382 e. The number of nitrogens with zero attached hydrogens (tertiary/aromatic N) is 4. The van der Waals surface area contributed by atoms with Crippen molar-refractivity contribution in [1.82, 2.24) is 9.27 Å². The van der Waals surface area contributed by atoms with Crippen molar-refractivity contribution in [2.45, 2.75) is 13.3 Å². The van der Waals surface area contributed by atoms with Gasteiger partial charge in [0, 0.05) is 33.1 Å². The minimum Gasteiger partial charge on any atom is -0.382 e. The molecule has 1 saturated heterocycles. The molecule has 2 rings (SSSR count). The van der Waals surface area contributed by atoms with E-state index in [0.29, 0.717) is 17.9 Å². The van der Waals surface area contributed by atoms with Gasteiger partial charge in [-0.05, 0) is 18.0 Å². The van der Waals surface area contributed by atoms with Crippen LogP contribution in [0.3, 0.4) is 0 Å². The number of anilines is 2. The highest BCUT2D eigenvalue weighted by molar-refractivity contribution is 7.10. The summed E-state index contributed by atoms with van der Waals surface area (Å²) in [6.07, 6.45) is 0.891. The first-order chi connectivity index (χ1) is 8.63. The quantitative estimate of drug-likeness (QED) is 0.806. The lowest BCUT2D eigenvalue weighted by molar-refractivity contribution is -0.128. The van der Waals surface area contributed by atoms with E-state index in [9.17, 15) is 4.79 Å². The van der Waals surface area contributed by atoms with Gasteiger partial charge in [-0.2, -0.15) is 9.64 Å². The number of hydrogen-bond acceptors (Lipinski definition) is 6. The minimum atomic E-state index is 0.0983. The maximum Gasteiger partial charge on any atom is 0.219 e. The number of nitrogens with two attached hydrogens (primary N) is 1. The molecule has 2 heterocycles. The Morgan fingerprint density at radius 2 is 2.22 bits per heavy atom. The van der Waals surface area contributed by atoms with Gasteiger partial charge in [-0.15, -0.1) is 0 Å². The summed E-state index contributed by atoms with van der Waals surface area (Å²) in [6.45, 7) is 4.57. The number of nitrogen functional groups attached to an aromatic ring is 1. The summed E-state index contributed by atoms with van der Waals surface area (Å²) in [5.74, 6) is 0.395. The van der Waals surface area contributed by atoms with Crippen molar-refractivity contribution in [2.75, 3.05) is 36.8 Å². The number of rotatable bonds is 1. The van der Waals surface area contributed by atoms with E-state index in [1.54, 1.807) is 6.92 Å². The van der Waals surface area contributed by atoms with Crippen LogP contribution < -0.4 is 10.6 Å². The number of carbonyl (C=O) groups is 1. The summed E-state index contributed by atoms with van der Waals surface area (Å²) < 4.78 is 4.02. The highest BCUT2D eigenvalue weighted by atomic mass is 32.1. The van der Waals surface area contributed by atoms with E-state index >= 15 is 0 Å². The summed E-state index contributed by atoms with van der Waals surface area (Å²) >= 11 is 1.25. The molecule has 0 aliphatic carbocycles. The minimum absolute atomic E-state index is 0.0983. The van der Waals surface area contributed by atoms with Gasteiger partial charge in [-0.1, -0.05) is 0 Å². The maximum atomic E-state index is 11.3. The van der Waals surface area contributed by atoms with Gasteiger partial charge in [0.15, 0.2) is 5.82 Å². The van der Waals surface area contributed by atoms with Crippen LogP contribution in [0.25, 0.3) is 0 Å². The molecule has 18 heavy (non-hydrogen) atoms. The number of carbonyl (C=O) groups excluding carboxylic acids is 1. The van der Waals surface area contributed by atoms with Crippen molar-refractivity contribution >= 4 is 28.3 Å². The summed E-state index contributed by atoms with van der Waals surface area (Å²) in [4.78, 5) is 15.3. The van der Waals surface area contributed by atoms with Crippen LogP contribution >= 0.6 is 11.5 Å². The van der Waals surface area contributed by atoms with Crippen molar-refractivity contribution in [2.24, 2.45) is 0 Å². The topological polar surface area (TPSA) is 86.2 Å². The first kappa shape index (κ1) is 12.6. The van der Waals surface area contributed by atoms with Crippen molar-refractivity contribution in [3.05, 3.63) is 5.56 Å². The van der Waals surface area contributed by atoms with Gasteiger partial charge in [-0.3, -0.25) is 4.79 Å². The lowest BCUT2D eigenvalue weighted by Gasteiger charge is -2.21. The smallest absolute Gasteiger partial charge is 0.219 e. The van der Waals surface area contributed by atoms with E-state index in [-0.39, 0.29) is 5.91 Å². The Morgan fingerprint density at radius 3 is 2.89 bits per heavy atom. The molecule has 0 unspecified atom stereocenters. The standard InChI is InChI=1S/C11H15N5OS/c1-8(17)15-3-2-4-16(6-5-15)11-9(7-12)10(13)14-18-11/h2-6H2,1H3,(H2,13,14). The number of nitriles is 1. The predicted molar refractivity (Wildman–Crippen MR) is 70.3 cm³/mol. The zero-order valence-electron chi connectivity index (χ0n) is 10.2. The first-order valence-electron chi connectivity index (χ1n) is 5.79. The predicted octanol–water partition coefficient (Wildman–Crippen LogP) is 0.656. The van der Waals surface area contributed by atoms with Crippen LogP contribution in [0.2, 0.25) is 0 Å². The van der Waals surface area contributed by atoms with E-state index in [2.05, 4.69) is 15.3 Å². The highest BCUT2D eigenvalue weighted by Gasteiger charge is 2.21. The Bertz CT molecular complexity index is 492. The van der Waals surface area contributed by atoms with Crippen molar-refractivity contribution < 1.29 is 4.79 Å².